The molecular formula is C13H14N4O. The maximum atomic E-state index is 11.6. The molecule has 1 amide bonds. The molecule has 0 aliphatic carbocycles. The number of nitriles is 1. The van der Waals surface area contributed by atoms with E-state index in [-0.39, 0.29) is 19.0 Å². The maximum absolute atomic E-state index is 11.6. The molecule has 1 aromatic heterocycles. The molecule has 1 heterocycles. The lowest BCUT2D eigenvalue weighted by Gasteiger charge is -2.06. The Kier molecular flexibility index (Phi) is 3.60. The molecule has 2 rings (SSSR count). The number of carbonyl (C=O) groups excluding carboxylic acids is 1. The summed E-state index contributed by atoms with van der Waals surface area (Å²) >= 11 is 0. The van der Waals surface area contributed by atoms with E-state index in [1.54, 1.807) is 0 Å². The van der Waals surface area contributed by atoms with Crippen LogP contribution in [0.3, 0.4) is 0 Å². The van der Waals surface area contributed by atoms with Gasteiger partial charge in [0.25, 0.3) is 0 Å². The van der Waals surface area contributed by atoms with Crippen LogP contribution in [0.25, 0.3) is 10.9 Å². The molecule has 1 aromatic carbocycles. The van der Waals surface area contributed by atoms with Crippen molar-refractivity contribution < 1.29 is 4.79 Å². The zero-order chi connectivity index (χ0) is 13.0. The number of nitrogens with two attached hydrogens (primary N) is 1. The second kappa shape index (κ2) is 5.34. The second-order valence-corrected chi connectivity index (χ2v) is 3.98. The van der Waals surface area contributed by atoms with Crippen molar-refractivity contribution in [2.75, 3.05) is 6.54 Å². The zero-order valence-corrected chi connectivity index (χ0v) is 9.89. The molecule has 3 N–H and O–H groups in total. The average Bonchev–Trinajstić information content (AvgIpc) is 2.78. The van der Waals surface area contributed by atoms with Crippen molar-refractivity contribution in [3.05, 3.63) is 36.0 Å². The van der Waals surface area contributed by atoms with Crippen molar-refractivity contribution in [2.24, 2.45) is 5.73 Å². The fourth-order valence-electron chi connectivity index (χ4n) is 1.84. The van der Waals surface area contributed by atoms with E-state index in [0.29, 0.717) is 6.54 Å². The Morgan fingerprint density at radius 1 is 1.44 bits per heavy atom. The van der Waals surface area contributed by atoms with E-state index in [1.165, 1.54) is 0 Å². The number of benzene rings is 1. The van der Waals surface area contributed by atoms with Crippen LogP contribution in [-0.4, -0.2) is 17.0 Å². The minimum Gasteiger partial charge on any atom is -0.341 e. The molecule has 0 atom stereocenters. The van der Waals surface area contributed by atoms with E-state index in [1.807, 2.05) is 41.1 Å². The summed E-state index contributed by atoms with van der Waals surface area (Å²) < 4.78 is 1.85. The molecule has 18 heavy (non-hydrogen) atoms. The van der Waals surface area contributed by atoms with Gasteiger partial charge in [0.15, 0.2) is 0 Å². The van der Waals surface area contributed by atoms with E-state index in [9.17, 15) is 4.79 Å². The van der Waals surface area contributed by atoms with Crippen LogP contribution in [0.4, 0.5) is 0 Å². The third-order valence-electron chi connectivity index (χ3n) is 2.75. The van der Waals surface area contributed by atoms with E-state index in [2.05, 4.69) is 5.32 Å². The van der Waals surface area contributed by atoms with Crippen LogP contribution >= 0.6 is 0 Å². The van der Waals surface area contributed by atoms with Crippen LogP contribution in [0.2, 0.25) is 0 Å². The Bertz CT molecular complexity index is 609. The molecule has 0 unspecified atom stereocenters. The highest BCUT2D eigenvalue weighted by molar-refractivity contribution is 5.83. The highest BCUT2D eigenvalue weighted by Crippen LogP contribution is 2.17. The minimum absolute atomic E-state index is 0.0338. The van der Waals surface area contributed by atoms with Crippen LogP contribution in [-0.2, 0) is 17.9 Å². The first kappa shape index (κ1) is 12.1. The molecule has 0 radical (unpaired) electrons. The Labute approximate surface area is 105 Å². The number of nitrogens with zero attached hydrogens (tertiary/aromatic N) is 2. The summed E-state index contributed by atoms with van der Waals surface area (Å²) in [6.07, 6.45) is 1.86. The number of hydrogen-bond acceptors (Lipinski definition) is 3. The first-order valence-corrected chi connectivity index (χ1v) is 5.66. The molecule has 0 aliphatic rings. The van der Waals surface area contributed by atoms with Crippen molar-refractivity contribution in [2.45, 2.75) is 13.1 Å². The van der Waals surface area contributed by atoms with Crippen LogP contribution in [0.1, 0.15) is 5.56 Å². The number of carbonyl (C=O) groups is 1. The highest BCUT2D eigenvalue weighted by Gasteiger charge is 2.06. The number of fused-ring (bicyclic) bond motifs is 1. The van der Waals surface area contributed by atoms with E-state index in [0.717, 1.165) is 16.5 Å². The Morgan fingerprint density at radius 2 is 2.28 bits per heavy atom. The summed E-state index contributed by atoms with van der Waals surface area (Å²) in [5.74, 6) is -0.174. The lowest BCUT2D eigenvalue weighted by molar-refractivity contribution is -0.121. The molecule has 0 fully saturated rings. The quantitative estimate of drug-likeness (QED) is 0.775. The van der Waals surface area contributed by atoms with Gasteiger partial charge in [0.05, 0.1) is 6.07 Å². The molecule has 0 aliphatic heterocycles. The predicted molar refractivity (Wildman–Crippen MR) is 68.5 cm³/mol. The van der Waals surface area contributed by atoms with Crippen molar-refractivity contribution in [1.82, 2.24) is 9.88 Å². The van der Waals surface area contributed by atoms with Crippen molar-refractivity contribution in [1.29, 1.82) is 5.26 Å². The number of hydrogen-bond donors (Lipinski definition) is 2. The number of nitrogens with one attached hydrogen (secondary N) is 1. The van der Waals surface area contributed by atoms with Gasteiger partial charge < -0.3 is 15.6 Å². The minimum atomic E-state index is -0.174. The maximum Gasteiger partial charge on any atom is 0.240 e. The van der Waals surface area contributed by atoms with E-state index in [4.69, 9.17) is 11.0 Å². The molecule has 5 heteroatoms. The van der Waals surface area contributed by atoms with Gasteiger partial charge in [0.1, 0.15) is 13.1 Å². The van der Waals surface area contributed by atoms with Gasteiger partial charge in [0, 0.05) is 18.3 Å². The normalized spacial score (nSPS) is 10.2. The van der Waals surface area contributed by atoms with Gasteiger partial charge in [-0.1, -0.05) is 12.1 Å². The molecule has 92 valence electrons. The molecule has 0 bridgehead atoms. The zero-order valence-electron chi connectivity index (χ0n) is 9.89. The Morgan fingerprint density at radius 3 is 3.00 bits per heavy atom. The van der Waals surface area contributed by atoms with Crippen LogP contribution < -0.4 is 11.1 Å². The second-order valence-electron chi connectivity index (χ2n) is 3.98. The number of aromatic nitrogens is 1. The number of rotatable bonds is 4. The summed E-state index contributed by atoms with van der Waals surface area (Å²) in [5.41, 5.74) is 7.61. The van der Waals surface area contributed by atoms with E-state index >= 15 is 0 Å². The lowest BCUT2D eigenvalue weighted by atomic mass is 10.1. The molecular weight excluding hydrogens is 228 g/mol. The first-order valence-electron chi connectivity index (χ1n) is 5.66. The largest absolute Gasteiger partial charge is 0.341 e. The van der Waals surface area contributed by atoms with Crippen LogP contribution in [0, 0.1) is 11.3 Å². The summed E-state index contributed by atoms with van der Waals surface area (Å²) in [6.45, 7) is 0.715. The van der Waals surface area contributed by atoms with Gasteiger partial charge in [-0.25, -0.2) is 0 Å². The van der Waals surface area contributed by atoms with Crippen molar-refractivity contribution >= 4 is 16.8 Å². The van der Waals surface area contributed by atoms with Gasteiger partial charge in [0.2, 0.25) is 5.91 Å². The summed E-state index contributed by atoms with van der Waals surface area (Å²) in [7, 11) is 0. The Balaban J connectivity index is 2.23. The SMILES string of the molecule is N#CCNC(=O)Cn1ccc2ccc(CN)cc21. The fourth-order valence-corrected chi connectivity index (χ4v) is 1.84. The monoisotopic (exact) mass is 242 g/mol. The lowest BCUT2D eigenvalue weighted by Crippen LogP contribution is -2.27. The molecule has 2 aromatic rings. The highest BCUT2D eigenvalue weighted by atomic mass is 16.1. The van der Waals surface area contributed by atoms with Crippen LogP contribution in [0.5, 0.6) is 0 Å². The predicted octanol–water partition coefficient (Wildman–Crippen LogP) is 0.740. The third-order valence-corrected chi connectivity index (χ3v) is 2.75. The molecule has 5 nitrogen and oxygen atoms in total. The Hall–Kier alpha value is -2.32. The van der Waals surface area contributed by atoms with Gasteiger partial charge in [-0.3, -0.25) is 4.79 Å². The molecule has 0 spiro atoms. The van der Waals surface area contributed by atoms with Crippen molar-refractivity contribution in [3.8, 4) is 6.07 Å². The third kappa shape index (κ3) is 2.50. The van der Waals surface area contributed by atoms with Crippen molar-refractivity contribution in [3.63, 3.8) is 0 Å². The van der Waals surface area contributed by atoms with E-state index < -0.39 is 0 Å². The van der Waals surface area contributed by atoms with Gasteiger partial charge >= 0.3 is 0 Å². The molecule has 0 saturated heterocycles. The summed E-state index contributed by atoms with van der Waals surface area (Å²) in [5, 5.41) is 12.0. The molecule has 0 saturated carbocycles. The average molecular weight is 242 g/mol. The van der Waals surface area contributed by atoms with Gasteiger partial charge in [-0.15, -0.1) is 0 Å². The topological polar surface area (TPSA) is 83.8 Å². The smallest absolute Gasteiger partial charge is 0.240 e. The summed E-state index contributed by atoms with van der Waals surface area (Å²) in [6, 6.07) is 9.77. The fraction of sp³-hybridized carbons (Fsp3) is 0.231. The van der Waals surface area contributed by atoms with Gasteiger partial charge in [-0.05, 0) is 23.1 Å². The first-order chi connectivity index (χ1) is 8.74. The number of amides is 1. The van der Waals surface area contributed by atoms with Crippen LogP contribution in [0.15, 0.2) is 30.5 Å². The standard InChI is InChI=1S/C13H14N4O/c14-4-5-16-13(18)9-17-6-3-11-2-1-10(8-15)7-12(11)17/h1-3,6-7H,5,8-9,15H2,(H,16,18). The summed E-state index contributed by atoms with van der Waals surface area (Å²) in [4.78, 5) is 11.6. The van der Waals surface area contributed by atoms with Gasteiger partial charge in [-0.2, -0.15) is 5.26 Å².